The van der Waals surface area contributed by atoms with E-state index >= 15 is 0 Å². The molecular weight excluding hydrogens is 549 g/mol. The van der Waals surface area contributed by atoms with Crippen molar-refractivity contribution in [3.8, 4) is 5.75 Å². The Morgan fingerprint density at radius 1 is 1.14 bits per heavy atom. The predicted octanol–water partition coefficient (Wildman–Crippen LogP) is 5.81. The van der Waals surface area contributed by atoms with Gasteiger partial charge in [-0.05, 0) is 73.1 Å². The number of ether oxygens (including phenoxy) is 1. The van der Waals surface area contributed by atoms with Crippen molar-refractivity contribution >= 4 is 40.6 Å². The van der Waals surface area contributed by atoms with Crippen molar-refractivity contribution in [1.82, 2.24) is 15.1 Å². The molecule has 1 aliphatic heterocycles. The summed E-state index contributed by atoms with van der Waals surface area (Å²) >= 11 is 0. The van der Waals surface area contributed by atoms with Crippen molar-refractivity contribution in [2.45, 2.75) is 30.5 Å². The minimum Gasteiger partial charge on any atom is -0.497 e. The van der Waals surface area contributed by atoms with Gasteiger partial charge < -0.3 is 20.1 Å². The van der Waals surface area contributed by atoms with E-state index in [1.54, 1.807) is 7.11 Å². The minimum atomic E-state index is -5.08. The number of carbonyl (C=O) groups excluding carboxylic acids is 1. The number of aromatic amines is 1. The lowest BCUT2D eigenvalue weighted by Gasteiger charge is -2.10. The lowest BCUT2D eigenvalue weighted by atomic mass is 9.91. The molecule has 1 fully saturated rings. The maximum absolute atomic E-state index is 13.0. The zero-order valence-corrected chi connectivity index (χ0v) is 23.1. The summed E-state index contributed by atoms with van der Waals surface area (Å²) in [5, 5.41) is 19.0. The monoisotopic (exact) mass is 578 g/mol. The molecule has 2 atom stereocenters. The second-order valence-corrected chi connectivity index (χ2v) is 10.6. The molecule has 0 unspecified atom stereocenters. The normalized spacial score (nSPS) is 19.1. The molecule has 0 bridgehead atoms. The van der Waals surface area contributed by atoms with Crippen molar-refractivity contribution < 1.29 is 32.6 Å². The third kappa shape index (κ3) is 5.60. The molecule has 218 valence electrons. The van der Waals surface area contributed by atoms with Gasteiger partial charge in [0.05, 0.1) is 23.7 Å². The topological polar surface area (TPSA) is 108 Å². The van der Waals surface area contributed by atoms with Crippen LogP contribution in [0.3, 0.4) is 0 Å². The molecule has 0 radical (unpaired) electrons. The molecule has 2 aliphatic rings. The number of alkyl halides is 3. The number of fused-ring (bicyclic) bond motifs is 3. The smallest absolute Gasteiger partial charge is 0.490 e. The number of carbonyl (C=O) groups is 2. The van der Waals surface area contributed by atoms with Gasteiger partial charge in [0.25, 0.3) is 0 Å². The highest BCUT2D eigenvalue weighted by molar-refractivity contribution is 6.10. The second-order valence-electron chi connectivity index (χ2n) is 10.6. The first-order chi connectivity index (χ1) is 19.9. The molecule has 0 saturated heterocycles. The van der Waals surface area contributed by atoms with Gasteiger partial charge in [-0.1, -0.05) is 42.5 Å². The van der Waals surface area contributed by atoms with Crippen LogP contribution in [0.2, 0.25) is 0 Å². The molecule has 1 spiro atoms. The van der Waals surface area contributed by atoms with E-state index in [2.05, 4.69) is 89.1 Å². The van der Waals surface area contributed by atoms with Crippen LogP contribution in [-0.2, 0) is 21.5 Å². The van der Waals surface area contributed by atoms with Crippen LogP contribution in [0.4, 0.5) is 18.9 Å². The van der Waals surface area contributed by atoms with Gasteiger partial charge in [-0.3, -0.25) is 9.89 Å². The van der Waals surface area contributed by atoms with Gasteiger partial charge in [-0.15, -0.1) is 0 Å². The predicted molar refractivity (Wildman–Crippen MR) is 153 cm³/mol. The Labute approximate surface area is 239 Å². The van der Waals surface area contributed by atoms with Crippen molar-refractivity contribution in [3.63, 3.8) is 0 Å². The summed E-state index contributed by atoms with van der Waals surface area (Å²) in [7, 11) is 5.80. The first-order valence-corrected chi connectivity index (χ1v) is 13.1. The van der Waals surface area contributed by atoms with E-state index in [1.165, 1.54) is 5.56 Å². The van der Waals surface area contributed by atoms with Crippen LogP contribution in [0.25, 0.3) is 23.1 Å². The zero-order chi connectivity index (χ0) is 30.2. The number of rotatable bonds is 6. The summed E-state index contributed by atoms with van der Waals surface area (Å²) in [6, 6.07) is 20.8. The number of aromatic nitrogens is 2. The summed E-state index contributed by atoms with van der Waals surface area (Å²) in [6.45, 7) is 0.910. The van der Waals surface area contributed by atoms with Crippen molar-refractivity contribution in [1.29, 1.82) is 0 Å². The molecule has 1 aliphatic carbocycles. The summed E-state index contributed by atoms with van der Waals surface area (Å²) in [4.78, 5) is 24.0. The summed E-state index contributed by atoms with van der Waals surface area (Å²) in [5.74, 6) is -1.76. The number of methoxy groups -OCH3 is 1. The molecule has 1 saturated carbocycles. The number of nitrogens with one attached hydrogen (secondary N) is 2. The molecule has 1 aromatic heterocycles. The van der Waals surface area contributed by atoms with Crippen LogP contribution in [0, 0.1) is 0 Å². The molecular formula is C31H29F3N4O4. The quantitative estimate of drug-likeness (QED) is 0.266. The summed E-state index contributed by atoms with van der Waals surface area (Å²) in [6.07, 6.45) is -0.126. The molecule has 4 aromatic rings. The third-order valence-corrected chi connectivity index (χ3v) is 7.47. The van der Waals surface area contributed by atoms with Crippen LogP contribution in [-0.4, -0.2) is 59.5 Å². The van der Waals surface area contributed by atoms with E-state index in [9.17, 15) is 18.0 Å². The Hall–Kier alpha value is -4.64. The van der Waals surface area contributed by atoms with Gasteiger partial charge in [-0.2, -0.15) is 18.3 Å². The van der Waals surface area contributed by atoms with Crippen molar-refractivity contribution in [3.05, 3.63) is 88.6 Å². The SMILES string of the molecule is COc1ccc2c(c1)[C@]1(C[C@H]1c1ccc3c(C=Cc4cccc(CN(C)C)c4)n[nH]c3c1)C(=O)N2.O=C(O)C(F)(F)F. The number of benzene rings is 3. The fraction of sp³-hybridized carbons (Fsp3) is 0.258. The maximum Gasteiger partial charge on any atom is 0.490 e. The Kier molecular flexibility index (Phi) is 7.55. The van der Waals surface area contributed by atoms with E-state index in [1.807, 2.05) is 18.2 Å². The number of halogens is 3. The number of aliphatic carboxylic acids is 1. The van der Waals surface area contributed by atoms with Crippen LogP contribution >= 0.6 is 0 Å². The number of hydrogen-bond acceptors (Lipinski definition) is 5. The highest BCUT2D eigenvalue weighted by Gasteiger charge is 2.65. The molecule has 6 rings (SSSR count). The average molecular weight is 579 g/mol. The highest BCUT2D eigenvalue weighted by Crippen LogP contribution is 2.65. The average Bonchev–Trinajstić information content (AvgIpc) is 3.48. The molecule has 2 heterocycles. The molecule has 3 aromatic carbocycles. The first kappa shape index (κ1) is 28.9. The van der Waals surface area contributed by atoms with Crippen molar-refractivity contribution in [2.24, 2.45) is 0 Å². The number of H-pyrrole nitrogens is 1. The van der Waals surface area contributed by atoms with E-state index in [4.69, 9.17) is 14.6 Å². The summed E-state index contributed by atoms with van der Waals surface area (Å²) in [5.41, 5.74) is 6.90. The number of anilines is 1. The van der Waals surface area contributed by atoms with E-state index in [0.29, 0.717) is 0 Å². The standard InChI is InChI=1S/C29H28N4O2.C2HF3O2/c1-33(2)17-19-6-4-5-18(13-19)7-11-25-22-10-8-20(14-27(22)32-31-25)24-16-29(24)23-15-21(35-3)9-12-26(23)30-28(29)34;3-2(4,5)1(6)7/h4-15,24H,16-17H2,1-3H3,(H,30,34)(H,31,32);(H,6,7)/t24-,29-;/m0./s1. The van der Waals surface area contributed by atoms with Gasteiger partial charge in [0.1, 0.15) is 5.75 Å². The first-order valence-electron chi connectivity index (χ1n) is 13.1. The second kappa shape index (κ2) is 11.0. The van der Waals surface area contributed by atoms with Crippen LogP contribution in [0.15, 0.2) is 60.7 Å². The van der Waals surface area contributed by atoms with E-state index in [-0.39, 0.29) is 11.8 Å². The molecule has 1 amide bonds. The third-order valence-electron chi connectivity index (χ3n) is 7.47. The number of amides is 1. The van der Waals surface area contributed by atoms with Crippen molar-refractivity contribution in [2.75, 3.05) is 26.5 Å². The minimum absolute atomic E-state index is 0.0792. The number of hydrogen-bond donors (Lipinski definition) is 3. The molecule has 3 N–H and O–H groups in total. The van der Waals surface area contributed by atoms with Gasteiger partial charge in [0.2, 0.25) is 5.91 Å². The number of nitrogens with zero attached hydrogens (tertiary/aromatic N) is 2. The lowest BCUT2D eigenvalue weighted by molar-refractivity contribution is -0.192. The van der Waals surface area contributed by atoms with Crippen LogP contribution < -0.4 is 10.1 Å². The van der Waals surface area contributed by atoms with Crippen LogP contribution in [0.5, 0.6) is 5.75 Å². The maximum atomic E-state index is 13.0. The molecule has 11 heteroatoms. The fourth-order valence-corrected chi connectivity index (χ4v) is 5.44. The fourth-order valence-electron chi connectivity index (χ4n) is 5.44. The number of carboxylic acids is 1. The van der Waals surface area contributed by atoms with Gasteiger partial charge in [0.15, 0.2) is 0 Å². The Balaban J connectivity index is 0.000000451. The van der Waals surface area contributed by atoms with E-state index < -0.39 is 17.6 Å². The molecule has 8 nitrogen and oxygen atoms in total. The Morgan fingerprint density at radius 2 is 1.90 bits per heavy atom. The largest absolute Gasteiger partial charge is 0.497 e. The highest BCUT2D eigenvalue weighted by atomic mass is 19.4. The van der Waals surface area contributed by atoms with Gasteiger partial charge in [0, 0.05) is 23.5 Å². The van der Waals surface area contributed by atoms with E-state index in [0.717, 1.165) is 57.7 Å². The Bertz CT molecular complexity index is 1700. The van der Waals surface area contributed by atoms with Crippen LogP contribution in [0.1, 0.15) is 40.3 Å². The van der Waals surface area contributed by atoms with Gasteiger partial charge >= 0.3 is 12.1 Å². The Morgan fingerprint density at radius 3 is 2.60 bits per heavy atom. The molecule has 42 heavy (non-hydrogen) atoms. The van der Waals surface area contributed by atoms with Gasteiger partial charge in [-0.25, -0.2) is 4.79 Å². The summed E-state index contributed by atoms with van der Waals surface area (Å²) < 4.78 is 37.2. The zero-order valence-electron chi connectivity index (χ0n) is 23.1. The number of carboxylic acid groups (broad SMARTS) is 1. The lowest BCUT2D eigenvalue weighted by Crippen LogP contribution is -2.21.